The number of ether oxygens (including phenoxy) is 1. The highest BCUT2D eigenvalue weighted by Crippen LogP contribution is 2.37. The molecular weight excluding hydrogens is 424 g/mol. The van der Waals surface area contributed by atoms with Gasteiger partial charge in [-0.05, 0) is 31.9 Å². The van der Waals surface area contributed by atoms with Crippen LogP contribution in [0.3, 0.4) is 0 Å². The topological polar surface area (TPSA) is 26.3 Å². The molecule has 2 nitrogen and oxygen atoms in total. The van der Waals surface area contributed by atoms with E-state index in [-0.39, 0.29) is 15.6 Å². The van der Waals surface area contributed by atoms with Crippen molar-refractivity contribution in [2.45, 2.75) is 10.2 Å². The minimum absolute atomic E-state index is 0.0330. The lowest BCUT2D eigenvalue weighted by molar-refractivity contribution is -0.138. The van der Waals surface area contributed by atoms with Crippen molar-refractivity contribution in [3.05, 3.63) is 9.15 Å². The van der Waals surface area contributed by atoms with E-state index in [0.29, 0.717) is 15.6 Å². The number of esters is 1. The Morgan fingerprint density at radius 3 is 2.33 bits per heavy atom. The molecule has 1 unspecified atom stereocenters. The Hall–Kier alpha value is 1.13. The quantitative estimate of drug-likeness (QED) is 0.472. The molecule has 1 heterocycles. The fraction of sp³-hybridized carbons (Fsp3) is 0.500. The first kappa shape index (κ1) is 11.2. The first-order chi connectivity index (χ1) is 5.52. The van der Waals surface area contributed by atoms with Gasteiger partial charge in [0.1, 0.15) is 5.76 Å². The summed E-state index contributed by atoms with van der Waals surface area (Å²) in [6.07, 6.45) is 0.603. The van der Waals surface area contributed by atoms with Crippen LogP contribution in [-0.4, -0.2) is 9.71 Å². The highest BCUT2D eigenvalue weighted by atomic mass is 79.9. The summed E-state index contributed by atoms with van der Waals surface area (Å²) in [5.41, 5.74) is 0. The molecule has 1 fully saturated rings. The first-order valence-electron chi connectivity index (χ1n) is 3.06. The van der Waals surface area contributed by atoms with Crippen LogP contribution >= 0.6 is 63.7 Å². The van der Waals surface area contributed by atoms with Gasteiger partial charge in [-0.25, -0.2) is 0 Å². The molecule has 1 atom stereocenters. The van der Waals surface area contributed by atoms with Gasteiger partial charge < -0.3 is 4.74 Å². The van der Waals surface area contributed by atoms with Gasteiger partial charge in [-0.2, -0.15) is 0 Å². The lowest BCUT2D eigenvalue weighted by atomic mass is 10.1. The van der Waals surface area contributed by atoms with Crippen LogP contribution in [0.5, 0.6) is 0 Å². The molecule has 0 amide bonds. The Labute approximate surface area is 104 Å². The number of alkyl halides is 2. The number of carbonyl (C=O) groups excluding carboxylic acids is 1. The van der Waals surface area contributed by atoms with Crippen molar-refractivity contribution in [1.29, 1.82) is 0 Å². The Bertz CT molecular complexity index is 232. The van der Waals surface area contributed by atoms with E-state index in [4.69, 9.17) is 4.74 Å². The SMILES string of the molecule is O=C1OC(=C(Br)Br)CC1C(Br)Br. The van der Waals surface area contributed by atoms with Crippen molar-refractivity contribution in [1.82, 2.24) is 0 Å². The molecule has 0 aromatic carbocycles. The number of halogens is 4. The van der Waals surface area contributed by atoms with E-state index in [0.717, 1.165) is 0 Å². The van der Waals surface area contributed by atoms with Crippen molar-refractivity contribution in [2.75, 3.05) is 0 Å². The molecule has 0 radical (unpaired) electrons. The molecular formula is C6H4Br4O2. The number of rotatable bonds is 1. The van der Waals surface area contributed by atoms with Crippen LogP contribution in [0.1, 0.15) is 6.42 Å². The molecule has 1 saturated heterocycles. The molecule has 68 valence electrons. The van der Waals surface area contributed by atoms with Crippen molar-refractivity contribution >= 4 is 69.7 Å². The van der Waals surface area contributed by atoms with Crippen molar-refractivity contribution in [3.8, 4) is 0 Å². The molecule has 0 aliphatic carbocycles. The maximum Gasteiger partial charge on any atom is 0.316 e. The second-order valence-electron chi connectivity index (χ2n) is 2.25. The number of hydrogen-bond acceptors (Lipinski definition) is 2. The zero-order valence-electron chi connectivity index (χ0n) is 5.69. The van der Waals surface area contributed by atoms with Crippen LogP contribution in [0.2, 0.25) is 0 Å². The molecule has 0 bridgehead atoms. The molecule has 0 N–H and O–H groups in total. The predicted molar refractivity (Wildman–Crippen MR) is 60.7 cm³/mol. The summed E-state index contributed by atoms with van der Waals surface area (Å²) < 4.78 is 5.65. The van der Waals surface area contributed by atoms with E-state index in [1.807, 2.05) is 0 Å². The summed E-state index contributed by atoms with van der Waals surface area (Å²) in [6.45, 7) is 0. The smallest absolute Gasteiger partial charge is 0.316 e. The minimum atomic E-state index is -0.208. The highest BCUT2D eigenvalue weighted by molar-refractivity contribution is 9.28. The van der Waals surface area contributed by atoms with Crippen LogP contribution in [0.15, 0.2) is 9.15 Å². The molecule has 0 saturated carbocycles. The number of hydrogen-bond donors (Lipinski definition) is 0. The average molecular weight is 428 g/mol. The second kappa shape index (κ2) is 4.57. The second-order valence-corrected chi connectivity index (χ2v) is 8.10. The number of carbonyl (C=O) groups is 1. The summed E-state index contributed by atoms with van der Waals surface area (Å²) in [5.74, 6) is 0.291. The molecule has 12 heavy (non-hydrogen) atoms. The van der Waals surface area contributed by atoms with Crippen LogP contribution in [0.25, 0.3) is 0 Å². The highest BCUT2D eigenvalue weighted by Gasteiger charge is 2.35. The van der Waals surface area contributed by atoms with Gasteiger partial charge in [0.05, 0.1) is 13.0 Å². The lowest BCUT2D eigenvalue weighted by Crippen LogP contribution is -2.13. The third-order valence-electron chi connectivity index (χ3n) is 1.45. The van der Waals surface area contributed by atoms with Crippen molar-refractivity contribution < 1.29 is 9.53 Å². The maximum absolute atomic E-state index is 11.2. The van der Waals surface area contributed by atoms with E-state index >= 15 is 0 Å². The van der Waals surface area contributed by atoms with Crippen molar-refractivity contribution in [2.24, 2.45) is 5.92 Å². The molecule has 0 aromatic rings. The standard InChI is InChI=1S/C6H4Br4O2/c7-4(8)2-1-3(5(9)10)12-6(2)11/h2,4H,1H2. The van der Waals surface area contributed by atoms with Crippen LogP contribution < -0.4 is 0 Å². The lowest BCUT2D eigenvalue weighted by Gasteiger charge is -2.03. The molecule has 0 aromatic heterocycles. The minimum Gasteiger partial charge on any atom is -0.429 e. The molecule has 1 aliphatic heterocycles. The van der Waals surface area contributed by atoms with Gasteiger partial charge in [-0.1, -0.05) is 31.9 Å². The van der Waals surface area contributed by atoms with E-state index in [2.05, 4.69) is 63.7 Å². The monoisotopic (exact) mass is 424 g/mol. The average Bonchev–Trinajstić information content (AvgIpc) is 2.30. The Morgan fingerprint density at radius 1 is 1.50 bits per heavy atom. The van der Waals surface area contributed by atoms with Gasteiger partial charge in [-0.3, -0.25) is 4.79 Å². The van der Waals surface area contributed by atoms with Crippen LogP contribution in [-0.2, 0) is 9.53 Å². The Morgan fingerprint density at radius 2 is 2.08 bits per heavy atom. The third-order valence-corrected chi connectivity index (χ3v) is 3.61. The molecule has 1 aliphatic rings. The summed E-state index contributed by atoms with van der Waals surface area (Å²) >= 11 is 12.9. The summed E-state index contributed by atoms with van der Waals surface area (Å²) in [5, 5.41) is 0. The van der Waals surface area contributed by atoms with Gasteiger partial charge >= 0.3 is 5.97 Å². The van der Waals surface area contributed by atoms with Crippen LogP contribution in [0, 0.1) is 5.92 Å². The van der Waals surface area contributed by atoms with E-state index in [1.54, 1.807) is 0 Å². The predicted octanol–water partition coefficient (Wildman–Crippen LogP) is 3.62. The molecule has 0 spiro atoms. The Balaban J connectivity index is 2.76. The van der Waals surface area contributed by atoms with E-state index in [9.17, 15) is 4.79 Å². The van der Waals surface area contributed by atoms with Gasteiger partial charge in [-0.15, -0.1) is 0 Å². The van der Waals surface area contributed by atoms with Crippen LogP contribution in [0.4, 0.5) is 0 Å². The number of allylic oxidation sites excluding steroid dienone is 1. The van der Waals surface area contributed by atoms with Gasteiger partial charge in [0, 0.05) is 6.42 Å². The van der Waals surface area contributed by atoms with Gasteiger partial charge in [0.25, 0.3) is 0 Å². The van der Waals surface area contributed by atoms with Crippen molar-refractivity contribution in [3.63, 3.8) is 0 Å². The van der Waals surface area contributed by atoms with E-state index < -0.39 is 0 Å². The number of cyclic esters (lactones) is 1. The summed E-state index contributed by atoms with van der Waals surface area (Å²) in [7, 11) is 0. The zero-order chi connectivity index (χ0) is 9.30. The summed E-state index contributed by atoms with van der Waals surface area (Å²) in [4.78, 5) is 11.2. The maximum atomic E-state index is 11.2. The zero-order valence-corrected chi connectivity index (χ0v) is 12.0. The largest absolute Gasteiger partial charge is 0.429 e. The Kier molecular flexibility index (Phi) is 4.27. The fourth-order valence-corrected chi connectivity index (χ4v) is 2.12. The summed E-state index contributed by atoms with van der Waals surface area (Å²) in [6, 6.07) is 0. The normalized spacial score (nSPS) is 23.2. The fourth-order valence-electron chi connectivity index (χ4n) is 0.830. The van der Waals surface area contributed by atoms with Gasteiger partial charge in [0.15, 0.2) is 0 Å². The van der Waals surface area contributed by atoms with E-state index in [1.165, 1.54) is 0 Å². The molecule has 1 rings (SSSR count). The molecule has 6 heteroatoms. The first-order valence-corrected chi connectivity index (χ1v) is 6.48. The third kappa shape index (κ3) is 2.56. The van der Waals surface area contributed by atoms with Gasteiger partial charge in [0.2, 0.25) is 0 Å².